The van der Waals surface area contributed by atoms with Gasteiger partial charge in [0.1, 0.15) is 0 Å². The van der Waals surface area contributed by atoms with Gasteiger partial charge in [0, 0.05) is 25.2 Å². The van der Waals surface area contributed by atoms with Crippen LogP contribution in [0.15, 0.2) is 24.4 Å². The van der Waals surface area contributed by atoms with Crippen LogP contribution in [0.5, 0.6) is 0 Å². The number of anilines is 1. The molecule has 0 unspecified atom stereocenters. The molecule has 19 heavy (non-hydrogen) atoms. The maximum Gasteiger partial charge on any atom is 0.336 e. The Bertz CT molecular complexity index is 611. The standard InChI is InChI=1S/C14H17N3O2/c1-9(2)8-17(3)14-15-7-11-10(13(18)19)5-4-6-12(11)16-14/h4-7,9H,8H2,1-3H3,(H,18,19). The monoisotopic (exact) mass is 259 g/mol. The molecular formula is C14H17N3O2. The van der Waals surface area contributed by atoms with E-state index in [4.69, 9.17) is 5.11 Å². The first-order chi connectivity index (χ1) is 8.99. The van der Waals surface area contributed by atoms with Crippen LogP contribution in [0.4, 0.5) is 5.95 Å². The van der Waals surface area contributed by atoms with E-state index in [0.717, 1.165) is 6.54 Å². The predicted molar refractivity (Wildman–Crippen MR) is 74.6 cm³/mol. The molecular weight excluding hydrogens is 242 g/mol. The highest BCUT2D eigenvalue weighted by molar-refractivity contribution is 6.02. The van der Waals surface area contributed by atoms with Gasteiger partial charge in [0.15, 0.2) is 0 Å². The number of hydrogen-bond donors (Lipinski definition) is 1. The Hall–Kier alpha value is -2.17. The van der Waals surface area contributed by atoms with Gasteiger partial charge in [-0.15, -0.1) is 0 Å². The van der Waals surface area contributed by atoms with Crippen LogP contribution in [-0.2, 0) is 0 Å². The second-order valence-corrected chi connectivity index (χ2v) is 4.99. The molecule has 0 atom stereocenters. The normalized spacial score (nSPS) is 10.9. The van der Waals surface area contributed by atoms with Crippen LogP contribution in [-0.4, -0.2) is 34.6 Å². The SMILES string of the molecule is CC(C)CN(C)c1ncc2c(C(=O)O)cccc2n1. The molecule has 0 fully saturated rings. The summed E-state index contributed by atoms with van der Waals surface area (Å²) in [4.78, 5) is 21.8. The van der Waals surface area contributed by atoms with Gasteiger partial charge in [-0.2, -0.15) is 0 Å². The zero-order chi connectivity index (χ0) is 14.0. The van der Waals surface area contributed by atoms with Crippen LogP contribution in [0, 0.1) is 5.92 Å². The second kappa shape index (κ2) is 5.22. The zero-order valence-electron chi connectivity index (χ0n) is 11.3. The summed E-state index contributed by atoms with van der Waals surface area (Å²) in [6.45, 7) is 5.10. The molecule has 0 aliphatic carbocycles. The second-order valence-electron chi connectivity index (χ2n) is 4.99. The Morgan fingerprint density at radius 2 is 2.16 bits per heavy atom. The molecule has 0 radical (unpaired) electrons. The fourth-order valence-corrected chi connectivity index (χ4v) is 2.04. The summed E-state index contributed by atoms with van der Waals surface area (Å²) in [6, 6.07) is 5.06. The van der Waals surface area contributed by atoms with Crippen molar-refractivity contribution in [3.63, 3.8) is 0 Å². The topological polar surface area (TPSA) is 66.3 Å². The number of rotatable bonds is 4. The molecule has 5 heteroatoms. The van der Waals surface area contributed by atoms with Crippen LogP contribution >= 0.6 is 0 Å². The number of carbonyl (C=O) groups is 1. The van der Waals surface area contributed by atoms with E-state index < -0.39 is 5.97 Å². The lowest BCUT2D eigenvalue weighted by Crippen LogP contribution is -2.24. The van der Waals surface area contributed by atoms with E-state index in [9.17, 15) is 4.79 Å². The maximum absolute atomic E-state index is 11.1. The Kier molecular flexibility index (Phi) is 3.64. The van der Waals surface area contributed by atoms with E-state index in [1.54, 1.807) is 24.4 Å². The lowest BCUT2D eigenvalue weighted by molar-refractivity contribution is 0.0699. The Balaban J connectivity index is 2.44. The molecule has 1 N–H and O–H groups in total. The summed E-state index contributed by atoms with van der Waals surface area (Å²) < 4.78 is 0. The van der Waals surface area contributed by atoms with Gasteiger partial charge in [-0.05, 0) is 18.1 Å². The van der Waals surface area contributed by atoms with Gasteiger partial charge in [0.25, 0.3) is 0 Å². The fourth-order valence-electron chi connectivity index (χ4n) is 2.04. The van der Waals surface area contributed by atoms with Crippen LogP contribution in [0.3, 0.4) is 0 Å². The molecule has 0 aliphatic rings. The van der Waals surface area contributed by atoms with Gasteiger partial charge >= 0.3 is 5.97 Å². The van der Waals surface area contributed by atoms with Crippen molar-refractivity contribution < 1.29 is 9.90 Å². The number of fused-ring (bicyclic) bond motifs is 1. The average Bonchev–Trinajstić information content (AvgIpc) is 2.36. The van der Waals surface area contributed by atoms with Crippen molar-refractivity contribution in [2.24, 2.45) is 5.92 Å². The van der Waals surface area contributed by atoms with Gasteiger partial charge in [-0.25, -0.2) is 14.8 Å². The van der Waals surface area contributed by atoms with Crippen molar-refractivity contribution >= 4 is 22.8 Å². The number of hydrogen-bond acceptors (Lipinski definition) is 4. The van der Waals surface area contributed by atoms with Crippen LogP contribution in [0.1, 0.15) is 24.2 Å². The molecule has 2 rings (SSSR count). The van der Waals surface area contributed by atoms with Crippen LogP contribution in [0.25, 0.3) is 10.9 Å². The summed E-state index contributed by atoms with van der Waals surface area (Å²) in [6.07, 6.45) is 1.58. The average molecular weight is 259 g/mol. The smallest absolute Gasteiger partial charge is 0.336 e. The third-order valence-electron chi connectivity index (χ3n) is 2.82. The zero-order valence-corrected chi connectivity index (χ0v) is 11.3. The highest BCUT2D eigenvalue weighted by atomic mass is 16.4. The largest absolute Gasteiger partial charge is 0.478 e. The van der Waals surface area contributed by atoms with E-state index in [-0.39, 0.29) is 5.56 Å². The molecule has 2 aromatic rings. The molecule has 0 bridgehead atoms. The summed E-state index contributed by atoms with van der Waals surface area (Å²) in [5, 5.41) is 9.68. The molecule has 0 amide bonds. The summed E-state index contributed by atoms with van der Waals surface area (Å²) in [5.74, 6) is 0.163. The quantitative estimate of drug-likeness (QED) is 0.913. The molecule has 1 aromatic heterocycles. The number of benzene rings is 1. The van der Waals surface area contributed by atoms with E-state index >= 15 is 0 Å². The van der Waals surface area contributed by atoms with Crippen LogP contribution < -0.4 is 4.90 Å². The molecule has 5 nitrogen and oxygen atoms in total. The van der Waals surface area contributed by atoms with Crippen molar-refractivity contribution in [1.29, 1.82) is 0 Å². The molecule has 0 saturated carbocycles. The van der Waals surface area contributed by atoms with Gasteiger partial charge in [0.2, 0.25) is 5.95 Å². The minimum absolute atomic E-state index is 0.232. The van der Waals surface area contributed by atoms with Gasteiger partial charge < -0.3 is 10.0 Å². The van der Waals surface area contributed by atoms with Gasteiger partial charge in [-0.3, -0.25) is 0 Å². The van der Waals surface area contributed by atoms with E-state index in [0.29, 0.717) is 22.8 Å². The number of aromatic nitrogens is 2. The number of carboxylic acids is 1. The molecule has 0 saturated heterocycles. The third kappa shape index (κ3) is 2.81. The summed E-state index contributed by atoms with van der Waals surface area (Å²) in [5.41, 5.74) is 0.885. The summed E-state index contributed by atoms with van der Waals surface area (Å²) in [7, 11) is 1.93. The Morgan fingerprint density at radius 3 is 2.79 bits per heavy atom. The number of carboxylic acid groups (broad SMARTS) is 1. The molecule has 0 spiro atoms. The van der Waals surface area contributed by atoms with Crippen molar-refractivity contribution in [2.75, 3.05) is 18.5 Å². The maximum atomic E-state index is 11.1. The predicted octanol–water partition coefficient (Wildman–Crippen LogP) is 2.42. The molecule has 100 valence electrons. The minimum Gasteiger partial charge on any atom is -0.478 e. The van der Waals surface area contributed by atoms with E-state index in [2.05, 4.69) is 23.8 Å². The van der Waals surface area contributed by atoms with E-state index in [1.165, 1.54) is 0 Å². The van der Waals surface area contributed by atoms with Crippen molar-refractivity contribution in [2.45, 2.75) is 13.8 Å². The third-order valence-corrected chi connectivity index (χ3v) is 2.82. The lowest BCUT2D eigenvalue weighted by Gasteiger charge is -2.19. The lowest BCUT2D eigenvalue weighted by atomic mass is 10.1. The van der Waals surface area contributed by atoms with Gasteiger partial charge in [0.05, 0.1) is 11.1 Å². The van der Waals surface area contributed by atoms with E-state index in [1.807, 2.05) is 11.9 Å². The fraction of sp³-hybridized carbons (Fsp3) is 0.357. The van der Waals surface area contributed by atoms with Crippen molar-refractivity contribution in [3.8, 4) is 0 Å². The first-order valence-electron chi connectivity index (χ1n) is 6.19. The number of aromatic carboxylic acids is 1. The molecule has 1 aromatic carbocycles. The Morgan fingerprint density at radius 1 is 1.42 bits per heavy atom. The molecule has 1 heterocycles. The highest BCUT2D eigenvalue weighted by Gasteiger charge is 2.12. The molecule has 0 aliphatic heterocycles. The van der Waals surface area contributed by atoms with Crippen molar-refractivity contribution in [3.05, 3.63) is 30.0 Å². The first-order valence-corrected chi connectivity index (χ1v) is 6.19. The highest BCUT2D eigenvalue weighted by Crippen LogP contribution is 2.19. The van der Waals surface area contributed by atoms with Crippen LogP contribution in [0.2, 0.25) is 0 Å². The van der Waals surface area contributed by atoms with Gasteiger partial charge in [-0.1, -0.05) is 19.9 Å². The summed E-state index contributed by atoms with van der Waals surface area (Å²) >= 11 is 0. The minimum atomic E-state index is -0.961. The Labute approximate surface area is 111 Å². The number of nitrogens with zero attached hydrogens (tertiary/aromatic N) is 3. The first kappa shape index (κ1) is 13.3. The van der Waals surface area contributed by atoms with Crippen molar-refractivity contribution in [1.82, 2.24) is 9.97 Å².